The maximum atomic E-state index is 13.3. The molecule has 2 aromatic rings. The van der Waals surface area contributed by atoms with Crippen LogP contribution in [0.5, 0.6) is 0 Å². The third kappa shape index (κ3) is 2.68. The molecule has 0 atom stereocenters. The van der Waals surface area contributed by atoms with Gasteiger partial charge in [-0.2, -0.15) is 0 Å². The van der Waals surface area contributed by atoms with Crippen molar-refractivity contribution in [3.8, 4) is 0 Å². The van der Waals surface area contributed by atoms with E-state index < -0.39 is 11.6 Å². The quantitative estimate of drug-likeness (QED) is 0.916. The van der Waals surface area contributed by atoms with E-state index in [1.165, 1.54) is 30.6 Å². The summed E-state index contributed by atoms with van der Waals surface area (Å²) < 4.78 is 26.6. The molecule has 1 N–H and O–H groups in total. The van der Waals surface area contributed by atoms with Gasteiger partial charge in [-0.15, -0.1) is 0 Å². The van der Waals surface area contributed by atoms with E-state index in [1.54, 1.807) is 0 Å². The molecule has 0 bridgehead atoms. The van der Waals surface area contributed by atoms with E-state index in [2.05, 4.69) is 15.3 Å². The Hall–Kier alpha value is -1.75. The molecular formula is C11H8ClF2N3. The smallest absolute Gasteiger partial charge is 0.171 e. The normalized spacial score (nSPS) is 10.3. The van der Waals surface area contributed by atoms with Crippen molar-refractivity contribution in [1.82, 2.24) is 9.97 Å². The molecule has 0 unspecified atom stereocenters. The van der Waals surface area contributed by atoms with Crippen molar-refractivity contribution < 1.29 is 8.78 Å². The fraction of sp³-hybridized carbons (Fsp3) is 0.0909. The zero-order chi connectivity index (χ0) is 12.3. The van der Waals surface area contributed by atoms with Gasteiger partial charge in [0.05, 0.1) is 0 Å². The van der Waals surface area contributed by atoms with Gasteiger partial charge in [-0.05, 0) is 12.1 Å². The monoisotopic (exact) mass is 255 g/mol. The van der Waals surface area contributed by atoms with E-state index in [0.717, 1.165) is 0 Å². The fourth-order valence-electron chi connectivity index (χ4n) is 1.31. The summed E-state index contributed by atoms with van der Waals surface area (Å²) in [4.78, 5) is 7.69. The Kier molecular flexibility index (Phi) is 3.49. The van der Waals surface area contributed by atoms with Gasteiger partial charge in [0.1, 0.15) is 11.6 Å². The summed E-state index contributed by atoms with van der Waals surface area (Å²) >= 11 is 5.75. The molecule has 1 aromatic carbocycles. The Morgan fingerprint density at radius 3 is 2.41 bits per heavy atom. The first-order valence-electron chi connectivity index (χ1n) is 4.82. The third-order valence-electron chi connectivity index (χ3n) is 2.15. The Morgan fingerprint density at radius 1 is 1.12 bits per heavy atom. The highest BCUT2D eigenvalue weighted by molar-refractivity contribution is 6.31. The van der Waals surface area contributed by atoms with Crippen molar-refractivity contribution >= 4 is 17.4 Å². The van der Waals surface area contributed by atoms with Crippen LogP contribution in [-0.4, -0.2) is 9.97 Å². The van der Waals surface area contributed by atoms with Crippen LogP contribution in [0.4, 0.5) is 14.6 Å². The van der Waals surface area contributed by atoms with Crippen molar-refractivity contribution in [2.75, 3.05) is 5.32 Å². The van der Waals surface area contributed by atoms with Crippen molar-refractivity contribution in [1.29, 1.82) is 0 Å². The van der Waals surface area contributed by atoms with Gasteiger partial charge >= 0.3 is 0 Å². The number of aromatic nitrogens is 2. The average Bonchev–Trinajstić information content (AvgIpc) is 2.30. The molecule has 1 heterocycles. The molecule has 88 valence electrons. The minimum atomic E-state index is -0.613. The van der Waals surface area contributed by atoms with Gasteiger partial charge < -0.3 is 5.32 Å². The number of nitrogens with zero attached hydrogens (tertiary/aromatic N) is 2. The van der Waals surface area contributed by atoms with Crippen LogP contribution in [-0.2, 0) is 6.54 Å². The first kappa shape index (κ1) is 11.7. The van der Waals surface area contributed by atoms with Gasteiger partial charge in [0.25, 0.3) is 0 Å². The molecule has 0 fully saturated rings. The number of anilines is 1. The number of halogens is 3. The van der Waals surface area contributed by atoms with E-state index in [4.69, 9.17) is 11.6 Å². The molecule has 0 saturated carbocycles. The molecule has 6 heteroatoms. The molecule has 17 heavy (non-hydrogen) atoms. The summed E-state index contributed by atoms with van der Waals surface area (Å²) in [6.07, 6.45) is 2.86. The number of benzene rings is 1. The molecule has 0 aliphatic heterocycles. The predicted octanol–water partition coefficient (Wildman–Crippen LogP) is 3.02. The summed E-state index contributed by atoms with van der Waals surface area (Å²) in [6.45, 7) is -0.0447. The molecule has 2 rings (SSSR count). The van der Waals surface area contributed by atoms with E-state index in [9.17, 15) is 8.78 Å². The van der Waals surface area contributed by atoms with E-state index in [1.807, 2.05) is 0 Å². The summed E-state index contributed by atoms with van der Waals surface area (Å²) in [6, 6.07) is 3.69. The van der Waals surface area contributed by atoms with Crippen molar-refractivity contribution in [2.24, 2.45) is 0 Å². The summed E-state index contributed by atoms with van der Waals surface area (Å²) in [7, 11) is 0. The van der Waals surface area contributed by atoms with Crippen LogP contribution in [0, 0.1) is 11.6 Å². The van der Waals surface area contributed by atoms with Crippen molar-refractivity contribution in [3.05, 3.63) is 52.9 Å². The molecule has 0 aliphatic rings. The number of hydrogen-bond acceptors (Lipinski definition) is 3. The molecule has 0 saturated heterocycles. The Bertz CT molecular complexity index is 514. The van der Waals surface area contributed by atoms with Crippen molar-refractivity contribution in [3.63, 3.8) is 0 Å². The van der Waals surface area contributed by atoms with E-state index in [0.29, 0.717) is 0 Å². The first-order valence-corrected chi connectivity index (χ1v) is 5.19. The lowest BCUT2D eigenvalue weighted by molar-refractivity contribution is 0.560. The minimum absolute atomic E-state index is 0.0447. The second kappa shape index (κ2) is 5.05. The first-order chi connectivity index (χ1) is 8.18. The second-order valence-electron chi connectivity index (χ2n) is 3.25. The zero-order valence-electron chi connectivity index (χ0n) is 8.62. The van der Waals surface area contributed by atoms with Crippen LogP contribution in [0.15, 0.2) is 30.6 Å². The van der Waals surface area contributed by atoms with Crippen LogP contribution in [0.1, 0.15) is 5.56 Å². The predicted molar refractivity (Wildman–Crippen MR) is 60.7 cm³/mol. The second-order valence-corrected chi connectivity index (χ2v) is 3.61. The van der Waals surface area contributed by atoms with Gasteiger partial charge in [0.15, 0.2) is 11.0 Å². The number of hydrogen-bond donors (Lipinski definition) is 1. The van der Waals surface area contributed by atoms with Crippen LogP contribution in [0.25, 0.3) is 0 Å². The van der Waals surface area contributed by atoms with Crippen molar-refractivity contribution in [2.45, 2.75) is 6.54 Å². The highest BCUT2D eigenvalue weighted by Crippen LogP contribution is 2.17. The summed E-state index contributed by atoms with van der Waals surface area (Å²) in [5, 5.41) is 2.88. The lowest BCUT2D eigenvalue weighted by Gasteiger charge is -2.08. The highest BCUT2D eigenvalue weighted by Gasteiger charge is 2.09. The van der Waals surface area contributed by atoms with Gasteiger partial charge in [-0.3, -0.25) is 0 Å². The van der Waals surface area contributed by atoms with Gasteiger partial charge in [-0.25, -0.2) is 18.7 Å². The standard InChI is InChI=1S/C11H8ClF2N3/c12-10-11(16-5-4-15-10)17-6-7-8(13)2-1-3-9(7)14/h1-5H,6H2,(H,16,17). The molecular weight excluding hydrogens is 248 g/mol. The fourth-order valence-corrected chi connectivity index (χ4v) is 1.48. The van der Waals surface area contributed by atoms with Crippen LogP contribution in [0.2, 0.25) is 5.15 Å². The Morgan fingerprint density at radius 2 is 1.76 bits per heavy atom. The molecule has 0 radical (unpaired) electrons. The van der Waals surface area contributed by atoms with E-state index in [-0.39, 0.29) is 23.1 Å². The van der Waals surface area contributed by atoms with Gasteiger partial charge in [-0.1, -0.05) is 17.7 Å². The minimum Gasteiger partial charge on any atom is -0.363 e. The average molecular weight is 256 g/mol. The largest absolute Gasteiger partial charge is 0.363 e. The molecule has 0 aliphatic carbocycles. The highest BCUT2D eigenvalue weighted by atomic mass is 35.5. The maximum absolute atomic E-state index is 13.3. The lowest BCUT2D eigenvalue weighted by Crippen LogP contribution is -2.06. The SMILES string of the molecule is Fc1cccc(F)c1CNc1nccnc1Cl. The Balaban J connectivity index is 2.16. The molecule has 3 nitrogen and oxygen atoms in total. The van der Waals surface area contributed by atoms with Crippen LogP contribution >= 0.6 is 11.6 Å². The number of rotatable bonds is 3. The number of nitrogens with one attached hydrogen (secondary N) is 1. The van der Waals surface area contributed by atoms with Crippen LogP contribution < -0.4 is 5.32 Å². The molecule has 1 aromatic heterocycles. The zero-order valence-corrected chi connectivity index (χ0v) is 9.38. The Labute approximate surface area is 101 Å². The third-order valence-corrected chi connectivity index (χ3v) is 2.42. The maximum Gasteiger partial charge on any atom is 0.171 e. The lowest BCUT2D eigenvalue weighted by atomic mass is 10.2. The van der Waals surface area contributed by atoms with Gasteiger partial charge in [0.2, 0.25) is 0 Å². The topological polar surface area (TPSA) is 37.8 Å². The molecule has 0 amide bonds. The van der Waals surface area contributed by atoms with Crippen LogP contribution in [0.3, 0.4) is 0 Å². The van der Waals surface area contributed by atoms with E-state index >= 15 is 0 Å². The summed E-state index contributed by atoms with van der Waals surface area (Å²) in [5.41, 5.74) is -0.0609. The summed E-state index contributed by atoms with van der Waals surface area (Å²) in [5.74, 6) is -0.938. The van der Waals surface area contributed by atoms with Gasteiger partial charge in [0, 0.05) is 24.5 Å². The molecule has 0 spiro atoms.